The number of carbonyl (C=O) groups is 3. The lowest BCUT2D eigenvalue weighted by atomic mass is 9.65. The average Bonchev–Trinajstić information content (AvgIpc) is 2.83. The van der Waals surface area contributed by atoms with Gasteiger partial charge >= 0.3 is 0 Å². The van der Waals surface area contributed by atoms with Crippen LogP contribution in [0.25, 0.3) is 0 Å². The minimum absolute atomic E-state index is 0.0250. The summed E-state index contributed by atoms with van der Waals surface area (Å²) >= 11 is 0. The molecule has 122 valence electrons. The summed E-state index contributed by atoms with van der Waals surface area (Å²) in [4.78, 5) is 36.3. The molecule has 0 heterocycles. The number of aldehydes is 1. The summed E-state index contributed by atoms with van der Waals surface area (Å²) in [7, 11) is 1.62. The molecule has 1 unspecified atom stereocenters. The molecule has 0 amide bonds. The van der Waals surface area contributed by atoms with E-state index in [4.69, 9.17) is 4.74 Å². The Morgan fingerprint density at radius 3 is 2.74 bits per heavy atom. The van der Waals surface area contributed by atoms with Crippen LogP contribution < -0.4 is 4.74 Å². The van der Waals surface area contributed by atoms with Gasteiger partial charge < -0.3 is 9.53 Å². The van der Waals surface area contributed by atoms with E-state index in [1.165, 1.54) is 0 Å². The van der Waals surface area contributed by atoms with E-state index in [-0.39, 0.29) is 29.8 Å². The molecule has 2 aliphatic rings. The van der Waals surface area contributed by atoms with Crippen molar-refractivity contribution < 1.29 is 19.1 Å². The second-order valence-electron chi connectivity index (χ2n) is 6.89. The first-order chi connectivity index (χ1) is 11.0. The number of hydrogen-bond donors (Lipinski definition) is 0. The van der Waals surface area contributed by atoms with E-state index >= 15 is 0 Å². The van der Waals surface area contributed by atoms with Crippen LogP contribution in [-0.4, -0.2) is 25.0 Å². The molecule has 0 saturated heterocycles. The van der Waals surface area contributed by atoms with Crippen molar-refractivity contribution in [3.63, 3.8) is 0 Å². The number of methoxy groups -OCH3 is 1. The highest BCUT2D eigenvalue weighted by atomic mass is 16.5. The molecule has 4 nitrogen and oxygen atoms in total. The number of rotatable bonds is 4. The summed E-state index contributed by atoms with van der Waals surface area (Å²) in [6.07, 6.45) is 3.79. The van der Waals surface area contributed by atoms with Crippen molar-refractivity contribution in [2.75, 3.05) is 7.11 Å². The minimum Gasteiger partial charge on any atom is -0.497 e. The fourth-order valence-electron chi connectivity index (χ4n) is 4.35. The maximum atomic E-state index is 13.0. The molecule has 0 aliphatic heterocycles. The largest absolute Gasteiger partial charge is 0.497 e. The molecule has 0 aromatic heterocycles. The second kappa shape index (κ2) is 5.91. The van der Waals surface area contributed by atoms with Gasteiger partial charge in [-0.25, -0.2) is 0 Å². The van der Waals surface area contributed by atoms with Gasteiger partial charge in [-0.2, -0.15) is 0 Å². The Morgan fingerprint density at radius 1 is 1.26 bits per heavy atom. The molecule has 0 radical (unpaired) electrons. The van der Waals surface area contributed by atoms with Gasteiger partial charge in [0.15, 0.2) is 5.78 Å². The number of ketones is 2. The molecule has 1 fully saturated rings. The zero-order chi connectivity index (χ0) is 16.6. The van der Waals surface area contributed by atoms with Crippen LogP contribution in [-0.2, 0) is 16.0 Å². The molecular weight excluding hydrogens is 292 g/mol. The molecule has 0 spiro atoms. The Labute approximate surface area is 136 Å². The van der Waals surface area contributed by atoms with Crippen LogP contribution in [0.5, 0.6) is 5.75 Å². The fourth-order valence-corrected chi connectivity index (χ4v) is 4.35. The molecule has 2 aliphatic carbocycles. The summed E-state index contributed by atoms with van der Waals surface area (Å²) in [5.74, 6) is 0.820. The molecule has 1 aromatic carbocycles. The molecule has 4 heteroatoms. The monoisotopic (exact) mass is 314 g/mol. The van der Waals surface area contributed by atoms with E-state index in [9.17, 15) is 14.4 Å². The summed E-state index contributed by atoms with van der Waals surface area (Å²) in [6, 6.07) is 5.56. The maximum Gasteiger partial charge on any atom is 0.166 e. The van der Waals surface area contributed by atoms with Crippen LogP contribution in [0.2, 0.25) is 0 Å². The Morgan fingerprint density at radius 2 is 2.04 bits per heavy atom. The van der Waals surface area contributed by atoms with Crippen molar-refractivity contribution in [1.82, 2.24) is 0 Å². The van der Waals surface area contributed by atoms with Crippen LogP contribution >= 0.6 is 0 Å². The molecule has 3 atom stereocenters. The Balaban J connectivity index is 1.91. The zero-order valence-electron chi connectivity index (χ0n) is 13.6. The van der Waals surface area contributed by atoms with E-state index in [1.807, 2.05) is 25.1 Å². The van der Waals surface area contributed by atoms with E-state index < -0.39 is 5.41 Å². The highest BCUT2D eigenvalue weighted by Crippen LogP contribution is 2.49. The van der Waals surface area contributed by atoms with Crippen LogP contribution in [0.4, 0.5) is 0 Å². The van der Waals surface area contributed by atoms with Crippen LogP contribution in [0, 0.1) is 17.3 Å². The van der Waals surface area contributed by atoms with Crippen molar-refractivity contribution in [1.29, 1.82) is 0 Å². The molecule has 1 aromatic rings. The Bertz CT molecular complexity index is 663. The van der Waals surface area contributed by atoms with Crippen molar-refractivity contribution in [2.45, 2.75) is 39.0 Å². The molecule has 3 rings (SSSR count). The fraction of sp³-hybridized carbons (Fsp3) is 0.526. The predicted molar refractivity (Wildman–Crippen MR) is 85.7 cm³/mol. The van der Waals surface area contributed by atoms with Gasteiger partial charge in [-0.1, -0.05) is 6.92 Å². The quantitative estimate of drug-likeness (QED) is 0.802. The van der Waals surface area contributed by atoms with Crippen molar-refractivity contribution in [3.05, 3.63) is 29.3 Å². The smallest absolute Gasteiger partial charge is 0.166 e. The maximum absolute atomic E-state index is 13.0. The van der Waals surface area contributed by atoms with Crippen LogP contribution in [0.15, 0.2) is 18.2 Å². The number of benzene rings is 1. The summed E-state index contributed by atoms with van der Waals surface area (Å²) in [6.45, 7) is 1.86. The summed E-state index contributed by atoms with van der Waals surface area (Å²) in [5, 5.41) is 0. The second-order valence-corrected chi connectivity index (χ2v) is 6.89. The van der Waals surface area contributed by atoms with Gasteiger partial charge in [0.2, 0.25) is 0 Å². The predicted octanol–water partition coefficient (Wildman–Crippen LogP) is 3.01. The molecular formula is C19H22O4. The molecule has 1 saturated carbocycles. The third-order valence-corrected chi connectivity index (χ3v) is 5.77. The number of aryl methyl sites for hydroxylation is 1. The normalized spacial score (nSPS) is 30.2. The number of ether oxygens (including phenoxy) is 1. The Kier molecular flexibility index (Phi) is 4.09. The van der Waals surface area contributed by atoms with Gasteiger partial charge in [0.25, 0.3) is 0 Å². The van der Waals surface area contributed by atoms with Crippen molar-refractivity contribution in [2.24, 2.45) is 17.3 Å². The van der Waals surface area contributed by atoms with Crippen LogP contribution in [0.3, 0.4) is 0 Å². The standard InChI is InChI=1S/C19H22O4/c1-19(9-10-20)16(7-8-17(19)21)15-5-3-12-11-13(23-2)4-6-14(12)18(15)22/h4,6,10-11,15-16H,3,5,7-9H2,1-2H3/t15-,16?,19-/m0/s1. The first-order valence-corrected chi connectivity index (χ1v) is 8.19. The molecule has 0 bridgehead atoms. The van der Waals surface area contributed by atoms with Gasteiger partial charge in [0, 0.05) is 29.7 Å². The lowest BCUT2D eigenvalue weighted by molar-refractivity contribution is -0.129. The zero-order valence-corrected chi connectivity index (χ0v) is 13.6. The SMILES string of the molecule is COc1ccc2c(c1)CC[C@@H](C1CCC(=O)[C@@]1(C)CC=O)C2=O. The van der Waals surface area contributed by atoms with Gasteiger partial charge in [0.1, 0.15) is 17.8 Å². The highest BCUT2D eigenvalue weighted by Gasteiger charge is 2.51. The topological polar surface area (TPSA) is 60.4 Å². The third kappa shape index (κ3) is 2.50. The minimum atomic E-state index is -0.675. The van der Waals surface area contributed by atoms with Gasteiger partial charge in [-0.05, 0) is 48.9 Å². The van der Waals surface area contributed by atoms with Gasteiger partial charge in [-0.15, -0.1) is 0 Å². The van der Waals surface area contributed by atoms with Gasteiger partial charge in [-0.3, -0.25) is 9.59 Å². The van der Waals surface area contributed by atoms with E-state index in [1.54, 1.807) is 7.11 Å². The first-order valence-electron chi connectivity index (χ1n) is 8.19. The van der Waals surface area contributed by atoms with Crippen molar-refractivity contribution >= 4 is 17.9 Å². The van der Waals surface area contributed by atoms with E-state index in [2.05, 4.69) is 0 Å². The highest BCUT2D eigenvalue weighted by molar-refractivity contribution is 6.01. The van der Waals surface area contributed by atoms with Crippen molar-refractivity contribution in [3.8, 4) is 5.75 Å². The van der Waals surface area contributed by atoms with Crippen LogP contribution in [0.1, 0.15) is 48.5 Å². The summed E-state index contributed by atoms with van der Waals surface area (Å²) < 4.78 is 5.23. The lowest BCUT2D eigenvalue weighted by Gasteiger charge is -2.36. The average molecular weight is 314 g/mol. The van der Waals surface area contributed by atoms with E-state index in [0.29, 0.717) is 12.8 Å². The number of Topliss-reactive ketones (excluding diaryl/α,β-unsaturated/α-hetero) is 2. The lowest BCUT2D eigenvalue weighted by Crippen LogP contribution is -2.39. The van der Waals surface area contributed by atoms with E-state index in [0.717, 1.165) is 36.0 Å². The van der Waals surface area contributed by atoms with Gasteiger partial charge in [0.05, 0.1) is 7.11 Å². The molecule has 23 heavy (non-hydrogen) atoms. The number of fused-ring (bicyclic) bond motifs is 1. The first kappa shape index (κ1) is 15.9. The molecule has 0 N–H and O–H groups in total. The number of hydrogen-bond acceptors (Lipinski definition) is 4. The number of carbonyl (C=O) groups excluding carboxylic acids is 3. The Hall–Kier alpha value is -1.97. The summed E-state index contributed by atoms with van der Waals surface area (Å²) in [5.41, 5.74) is 1.09. The third-order valence-electron chi connectivity index (χ3n) is 5.77.